The Kier molecular flexibility index (Phi) is 4.57. The molecule has 0 spiro atoms. The number of carbonyl (C=O) groups excluding carboxylic acids is 1. The molecule has 2 aromatic heterocycles. The smallest absolute Gasteiger partial charge is 0.264 e. The number of para-hydroxylation sites is 2. The summed E-state index contributed by atoms with van der Waals surface area (Å²) in [6.07, 6.45) is 7.35. The molecule has 0 saturated carbocycles. The zero-order valence-electron chi connectivity index (χ0n) is 14.5. The zero-order chi connectivity index (χ0) is 17.2. The molecular formula is C20H23N3OS. The highest BCUT2D eigenvalue weighted by Crippen LogP contribution is 2.29. The summed E-state index contributed by atoms with van der Waals surface area (Å²) in [6, 6.07) is 10.1. The van der Waals surface area contributed by atoms with Gasteiger partial charge in [0, 0.05) is 11.9 Å². The number of nitrogens with one attached hydrogen (secondary N) is 1. The maximum Gasteiger partial charge on any atom is 0.264 e. The van der Waals surface area contributed by atoms with Crippen LogP contribution in [-0.2, 0) is 19.4 Å². The Morgan fingerprint density at radius 1 is 1.20 bits per heavy atom. The van der Waals surface area contributed by atoms with Crippen molar-refractivity contribution in [3.63, 3.8) is 0 Å². The van der Waals surface area contributed by atoms with Gasteiger partial charge in [0.1, 0.15) is 5.82 Å². The van der Waals surface area contributed by atoms with Gasteiger partial charge in [-0.3, -0.25) is 4.79 Å². The minimum Gasteiger partial charge on any atom is -0.340 e. The van der Waals surface area contributed by atoms with Crippen molar-refractivity contribution in [2.24, 2.45) is 0 Å². The van der Waals surface area contributed by atoms with Crippen LogP contribution in [0.15, 0.2) is 30.3 Å². The molecule has 25 heavy (non-hydrogen) atoms. The van der Waals surface area contributed by atoms with Crippen molar-refractivity contribution in [1.82, 2.24) is 14.9 Å². The molecule has 1 aromatic carbocycles. The third-order valence-electron chi connectivity index (χ3n) is 4.88. The van der Waals surface area contributed by atoms with E-state index in [1.54, 1.807) is 16.2 Å². The van der Waals surface area contributed by atoms with Gasteiger partial charge in [-0.15, -0.1) is 11.3 Å². The molecule has 1 aliphatic rings. The molecule has 0 fully saturated rings. The second-order valence-electron chi connectivity index (χ2n) is 6.84. The molecule has 2 heterocycles. The van der Waals surface area contributed by atoms with E-state index >= 15 is 0 Å². The first kappa shape index (κ1) is 16.3. The fraction of sp³-hybridized carbons (Fsp3) is 0.400. The van der Waals surface area contributed by atoms with Gasteiger partial charge in [0.25, 0.3) is 5.91 Å². The number of hydrogen-bond donors (Lipinski definition) is 1. The maximum absolute atomic E-state index is 12.8. The van der Waals surface area contributed by atoms with E-state index in [0.29, 0.717) is 6.54 Å². The third-order valence-corrected chi connectivity index (χ3v) is 6.10. The van der Waals surface area contributed by atoms with Crippen LogP contribution in [0.5, 0.6) is 0 Å². The molecule has 0 unspecified atom stereocenters. The summed E-state index contributed by atoms with van der Waals surface area (Å²) in [5.41, 5.74) is 3.35. The highest BCUT2D eigenvalue weighted by atomic mass is 32.1. The number of imidazole rings is 1. The molecule has 0 bridgehead atoms. The van der Waals surface area contributed by atoms with Crippen molar-refractivity contribution in [2.45, 2.75) is 45.1 Å². The van der Waals surface area contributed by atoms with E-state index in [-0.39, 0.29) is 5.91 Å². The summed E-state index contributed by atoms with van der Waals surface area (Å²) < 4.78 is 0. The summed E-state index contributed by atoms with van der Waals surface area (Å²) in [4.78, 5) is 24.8. The number of rotatable bonds is 3. The number of aryl methyl sites for hydroxylation is 2. The van der Waals surface area contributed by atoms with E-state index in [4.69, 9.17) is 0 Å². The fourth-order valence-corrected chi connectivity index (χ4v) is 4.76. The second kappa shape index (κ2) is 7.00. The van der Waals surface area contributed by atoms with Gasteiger partial charge in [-0.05, 0) is 49.4 Å². The van der Waals surface area contributed by atoms with Gasteiger partial charge in [0.05, 0.1) is 22.5 Å². The van der Waals surface area contributed by atoms with Crippen LogP contribution in [0.25, 0.3) is 11.0 Å². The molecule has 1 amide bonds. The van der Waals surface area contributed by atoms with E-state index in [1.165, 1.54) is 36.1 Å². The van der Waals surface area contributed by atoms with E-state index in [1.807, 2.05) is 31.3 Å². The van der Waals surface area contributed by atoms with Gasteiger partial charge in [-0.25, -0.2) is 4.98 Å². The van der Waals surface area contributed by atoms with Crippen molar-refractivity contribution in [3.8, 4) is 0 Å². The standard InChI is InChI=1S/C20H23N3OS/c1-23(13-19-21-15-9-6-7-10-16(15)22-19)20(24)18-12-14-8-4-2-3-5-11-17(14)25-18/h6-7,9-10,12H,2-5,8,11,13H2,1H3,(H,21,22). The molecule has 3 aromatic rings. The minimum atomic E-state index is 0.0946. The number of H-pyrrole nitrogens is 1. The number of thiophene rings is 1. The monoisotopic (exact) mass is 353 g/mol. The Morgan fingerprint density at radius 2 is 2.00 bits per heavy atom. The molecule has 0 atom stereocenters. The van der Waals surface area contributed by atoms with Crippen molar-refractivity contribution in [3.05, 3.63) is 51.5 Å². The summed E-state index contributed by atoms with van der Waals surface area (Å²) in [7, 11) is 1.85. The molecule has 130 valence electrons. The summed E-state index contributed by atoms with van der Waals surface area (Å²) in [5.74, 6) is 0.921. The van der Waals surface area contributed by atoms with E-state index in [9.17, 15) is 4.79 Å². The first-order valence-electron chi connectivity index (χ1n) is 9.01. The summed E-state index contributed by atoms with van der Waals surface area (Å²) in [5, 5.41) is 0. The predicted molar refractivity (Wildman–Crippen MR) is 102 cm³/mol. The first-order valence-corrected chi connectivity index (χ1v) is 9.83. The quantitative estimate of drug-likeness (QED) is 0.750. The second-order valence-corrected chi connectivity index (χ2v) is 7.97. The Hall–Kier alpha value is -2.14. The topological polar surface area (TPSA) is 49.0 Å². The molecule has 0 radical (unpaired) electrons. The average Bonchev–Trinajstić information content (AvgIpc) is 3.17. The lowest BCUT2D eigenvalue weighted by Crippen LogP contribution is -2.26. The van der Waals surface area contributed by atoms with Gasteiger partial charge in [0.2, 0.25) is 0 Å². The van der Waals surface area contributed by atoms with Crippen LogP contribution in [0.1, 0.15) is 51.6 Å². The molecule has 0 aliphatic heterocycles. The largest absolute Gasteiger partial charge is 0.340 e. The Morgan fingerprint density at radius 3 is 2.84 bits per heavy atom. The molecule has 1 aliphatic carbocycles. The van der Waals surface area contributed by atoms with Crippen LogP contribution in [-0.4, -0.2) is 27.8 Å². The van der Waals surface area contributed by atoms with Crippen LogP contribution in [0.2, 0.25) is 0 Å². The van der Waals surface area contributed by atoms with Crippen molar-refractivity contribution >= 4 is 28.3 Å². The molecule has 1 N–H and O–H groups in total. The molecule has 0 saturated heterocycles. The lowest BCUT2D eigenvalue weighted by Gasteiger charge is -2.14. The maximum atomic E-state index is 12.8. The van der Waals surface area contributed by atoms with Crippen molar-refractivity contribution in [1.29, 1.82) is 0 Å². The van der Waals surface area contributed by atoms with Crippen molar-refractivity contribution in [2.75, 3.05) is 7.05 Å². The number of aromatic amines is 1. The SMILES string of the molecule is CN(Cc1nc2ccccc2[nH]1)C(=O)c1cc2c(s1)CCCCCC2. The zero-order valence-corrected chi connectivity index (χ0v) is 15.4. The van der Waals surface area contributed by atoms with Gasteiger partial charge >= 0.3 is 0 Å². The highest BCUT2D eigenvalue weighted by Gasteiger charge is 2.19. The van der Waals surface area contributed by atoms with Crippen LogP contribution < -0.4 is 0 Å². The molecule has 4 nitrogen and oxygen atoms in total. The number of amides is 1. The normalized spacial score (nSPS) is 14.8. The first-order chi connectivity index (χ1) is 12.2. The van der Waals surface area contributed by atoms with Crippen LogP contribution >= 0.6 is 11.3 Å². The number of carbonyl (C=O) groups is 1. The molecular weight excluding hydrogens is 330 g/mol. The number of nitrogens with zero attached hydrogens (tertiary/aromatic N) is 2. The lowest BCUT2D eigenvalue weighted by molar-refractivity contribution is 0.0786. The van der Waals surface area contributed by atoms with E-state index < -0.39 is 0 Å². The summed E-state index contributed by atoms with van der Waals surface area (Å²) >= 11 is 1.69. The molecule has 5 heteroatoms. The van der Waals surface area contributed by atoms with Gasteiger partial charge in [-0.2, -0.15) is 0 Å². The fourth-order valence-electron chi connectivity index (χ4n) is 3.51. The van der Waals surface area contributed by atoms with E-state index in [2.05, 4.69) is 16.0 Å². The average molecular weight is 353 g/mol. The van der Waals surface area contributed by atoms with Crippen LogP contribution in [0.3, 0.4) is 0 Å². The molecule has 4 rings (SSSR count). The van der Waals surface area contributed by atoms with Gasteiger partial charge in [0.15, 0.2) is 0 Å². The van der Waals surface area contributed by atoms with E-state index in [0.717, 1.165) is 34.6 Å². The lowest BCUT2D eigenvalue weighted by atomic mass is 10.00. The van der Waals surface area contributed by atoms with Gasteiger partial charge in [-0.1, -0.05) is 25.0 Å². The highest BCUT2D eigenvalue weighted by molar-refractivity contribution is 7.14. The van der Waals surface area contributed by atoms with Crippen molar-refractivity contribution < 1.29 is 4.79 Å². The van der Waals surface area contributed by atoms with Gasteiger partial charge < -0.3 is 9.88 Å². The minimum absolute atomic E-state index is 0.0946. The Labute approximate surface area is 151 Å². The third kappa shape index (κ3) is 3.47. The van der Waals surface area contributed by atoms with Crippen LogP contribution in [0.4, 0.5) is 0 Å². The Balaban J connectivity index is 1.50. The Bertz CT molecular complexity index is 837. The number of fused-ring (bicyclic) bond motifs is 2. The van der Waals surface area contributed by atoms with Crippen LogP contribution in [0, 0.1) is 0 Å². The predicted octanol–water partition coefficient (Wildman–Crippen LogP) is 4.56. The number of aromatic nitrogens is 2. The number of benzene rings is 1. The summed E-state index contributed by atoms with van der Waals surface area (Å²) in [6.45, 7) is 0.496. The number of hydrogen-bond acceptors (Lipinski definition) is 3.